The molecule has 0 unspecified atom stereocenters. The van der Waals surface area contributed by atoms with Crippen LogP contribution in [0.4, 0.5) is 22.0 Å². The molecule has 0 bridgehead atoms. The number of anilines is 3. The van der Waals surface area contributed by atoms with E-state index in [0.717, 1.165) is 22.4 Å². The molecule has 0 saturated carbocycles. The van der Waals surface area contributed by atoms with Gasteiger partial charge in [-0.1, -0.05) is 30.3 Å². The minimum atomic E-state index is -0.295. The van der Waals surface area contributed by atoms with E-state index in [1.807, 2.05) is 54.6 Å². The highest BCUT2D eigenvalue weighted by atomic mass is 16.5. The largest absolute Gasteiger partial charge is 0.417 e. The molecule has 10 heteroatoms. The van der Waals surface area contributed by atoms with Crippen LogP contribution in [0.15, 0.2) is 89.9 Å². The van der Waals surface area contributed by atoms with Gasteiger partial charge in [-0.2, -0.15) is 4.98 Å². The summed E-state index contributed by atoms with van der Waals surface area (Å²) in [4.78, 5) is 25.1. The molecule has 0 atom stereocenters. The molecular weight excluding hydrogens is 446 g/mol. The fourth-order valence-electron chi connectivity index (χ4n) is 3.46. The molecule has 35 heavy (non-hydrogen) atoms. The summed E-state index contributed by atoms with van der Waals surface area (Å²) >= 11 is 0. The average molecular weight is 468 g/mol. The number of amides is 2. The van der Waals surface area contributed by atoms with Crippen molar-refractivity contribution in [3.8, 4) is 11.5 Å². The maximum absolute atomic E-state index is 12.1. The van der Waals surface area contributed by atoms with Crippen molar-refractivity contribution >= 4 is 34.5 Å². The van der Waals surface area contributed by atoms with Crippen LogP contribution in [0, 0.1) is 0 Å². The number of rotatable bonds is 7. The molecule has 174 valence electrons. The fourth-order valence-corrected chi connectivity index (χ4v) is 3.46. The number of hydrogen-bond acceptors (Lipinski definition) is 7. The minimum Gasteiger partial charge on any atom is -0.417 e. The van der Waals surface area contributed by atoms with Crippen LogP contribution in [0.2, 0.25) is 0 Å². The number of carbonyl (C=O) groups is 1. The molecule has 0 aliphatic carbocycles. The van der Waals surface area contributed by atoms with Crippen molar-refractivity contribution in [3.63, 3.8) is 0 Å². The molecule has 2 aromatic carbocycles. The molecule has 5 rings (SSSR count). The number of urea groups is 1. The van der Waals surface area contributed by atoms with Crippen molar-refractivity contribution in [2.45, 2.75) is 6.42 Å². The van der Waals surface area contributed by atoms with Gasteiger partial charge in [-0.3, -0.25) is 5.21 Å². The number of fused-ring (bicyclic) bond motifs is 1. The van der Waals surface area contributed by atoms with Crippen LogP contribution in [0.5, 0.6) is 0 Å². The normalized spacial score (nSPS) is 10.7. The molecule has 10 nitrogen and oxygen atoms in total. The molecule has 5 aromatic rings. The third-order valence-corrected chi connectivity index (χ3v) is 5.21. The van der Waals surface area contributed by atoms with E-state index in [9.17, 15) is 10.0 Å². The quantitative estimate of drug-likeness (QED) is 0.209. The first-order valence-corrected chi connectivity index (χ1v) is 10.9. The summed E-state index contributed by atoms with van der Waals surface area (Å²) in [5.41, 5.74) is 4.16. The lowest BCUT2D eigenvalue weighted by atomic mass is 10.1. The van der Waals surface area contributed by atoms with Crippen molar-refractivity contribution < 1.29 is 19.1 Å². The van der Waals surface area contributed by atoms with Gasteiger partial charge >= 0.3 is 6.03 Å². The Hall–Kier alpha value is -4.99. The summed E-state index contributed by atoms with van der Waals surface area (Å²) < 4.78 is 6.69. The van der Waals surface area contributed by atoms with Crippen molar-refractivity contribution in [1.82, 2.24) is 15.0 Å². The van der Waals surface area contributed by atoms with E-state index in [1.165, 1.54) is 18.7 Å². The third kappa shape index (κ3) is 5.33. The average Bonchev–Trinajstić information content (AvgIpc) is 3.31. The van der Waals surface area contributed by atoms with Crippen LogP contribution < -0.4 is 20.7 Å². The van der Waals surface area contributed by atoms with E-state index in [0.29, 0.717) is 40.7 Å². The summed E-state index contributed by atoms with van der Waals surface area (Å²) in [7, 11) is 0. The smallest absolute Gasteiger partial charge is 0.323 e. The number of nitrogens with one attached hydrogen (secondary N) is 3. The monoisotopic (exact) mass is 468 g/mol. The lowest BCUT2D eigenvalue weighted by Gasteiger charge is -2.09. The van der Waals surface area contributed by atoms with Crippen molar-refractivity contribution in [1.29, 1.82) is 0 Å². The van der Waals surface area contributed by atoms with Crippen LogP contribution >= 0.6 is 0 Å². The molecule has 3 heterocycles. The number of oxazole rings is 1. The first-order chi connectivity index (χ1) is 17.1. The van der Waals surface area contributed by atoms with E-state index >= 15 is 0 Å². The van der Waals surface area contributed by atoms with Crippen LogP contribution in [-0.4, -0.2) is 32.7 Å². The second kappa shape index (κ2) is 9.87. The van der Waals surface area contributed by atoms with E-state index in [1.54, 1.807) is 12.1 Å². The zero-order valence-electron chi connectivity index (χ0n) is 18.5. The van der Waals surface area contributed by atoms with Gasteiger partial charge in [-0.05, 0) is 36.2 Å². The number of hydrogen-bond donors (Lipinski definition) is 4. The Balaban J connectivity index is 1.18. The Labute approximate surface area is 200 Å². The van der Waals surface area contributed by atoms with Gasteiger partial charge in [0.1, 0.15) is 6.33 Å². The van der Waals surface area contributed by atoms with E-state index in [4.69, 9.17) is 4.42 Å². The number of pyridine rings is 1. The zero-order chi connectivity index (χ0) is 24.0. The highest BCUT2D eigenvalue weighted by Gasteiger charge is 2.14. The van der Waals surface area contributed by atoms with Gasteiger partial charge in [-0.25, -0.2) is 14.8 Å². The van der Waals surface area contributed by atoms with E-state index in [-0.39, 0.29) is 6.03 Å². The number of carbonyl (C=O) groups excluding carboxylic acids is 1. The topological polar surface area (TPSA) is 129 Å². The highest BCUT2D eigenvalue weighted by molar-refractivity contribution is 5.99. The Bertz CT molecular complexity index is 1440. The van der Waals surface area contributed by atoms with Gasteiger partial charge in [0.15, 0.2) is 11.3 Å². The molecule has 0 fully saturated rings. The van der Waals surface area contributed by atoms with Gasteiger partial charge < -0.3 is 20.4 Å². The van der Waals surface area contributed by atoms with Crippen LogP contribution in [-0.2, 0) is 6.42 Å². The van der Waals surface area contributed by atoms with Gasteiger partial charge in [0, 0.05) is 40.3 Å². The first kappa shape index (κ1) is 21.8. The van der Waals surface area contributed by atoms with Gasteiger partial charge in [0.05, 0.1) is 0 Å². The minimum absolute atomic E-state index is 0.295. The van der Waals surface area contributed by atoms with Gasteiger partial charge in [0.2, 0.25) is 18.3 Å². The van der Waals surface area contributed by atoms with Crippen LogP contribution in [0.3, 0.4) is 0 Å². The molecule has 0 aliphatic heterocycles. The molecule has 3 aromatic heterocycles. The van der Waals surface area contributed by atoms with Gasteiger partial charge in [0.25, 0.3) is 5.71 Å². The lowest BCUT2D eigenvalue weighted by molar-refractivity contribution is -0.904. The summed E-state index contributed by atoms with van der Waals surface area (Å²) in [5.74, 6) is 0.970. The third-order valence-electron chi connectivity index (χ3n) is 5.21. The van der Waals surface area contributed by atoms with Gasteiger partial charge in [-0.15, -0.1) is 0 Å². The summed E-state index contributed by atoms with van der Waals surface area (Å²) in [6, 6.07) is 20.0. The number of benzene rings is 2. The molecule has 0 spiro atoms. The van der Waals surface area contributed by atoms with Crippen LogP contribution in [0.25, 0.3) is 22.7 Å². The van der Waals surface area contributed by atoms with E-state index in [2.05, 4.69) is 30.9 Å². The second-order valence-corrected chi connectivity index (χ2v) is 7.68. The maximum atomic E-state index is 12.1. The van der Waals surface area contributed by atoms with Crippen molar-refractivity contribution in [3.05, 3.63) is 91.0 Å². The summed E-state index contributed by atoms with van der Waals surface area (Å²) in [6.45, 7) is 0.616. The maximum Gasteiger partial charge on any atom is 0.323 e. The van der Waals surface area contributed by atoms with Crippen molar-refractivity contribution in [2.24, 2.45) is 0 Å². The molecule has 0 aliphatic rings. The molecule has 0 radical (unpaired) electrons. The Morgan fingerprint density at radius 1 is 0.914 bits per heavy atom. The number of para-hydroxylation sites is 1. The van der Waals surface area contributed by atoms with E-state index < -0.39 is 0 Å². The Morgan fingerprint density at radius 3 is 2.37 bits per heavy atom. The Kier molecular flexibility index (Phi) is 6.16. The first-order valence-electron chi connectivity index (χ1n) is 10.9. The molecule has 0 saturated heterocycles. The summed E-state index contributed by atoms with van der Waals surface area (Å²) in [5, 5.41) is 18.3. The number of nitrogens with zero attached hydrogens (tertiary/aromatic N) is 4. The standard InChI is InChI=1S/C25H21N7O3/c33-25(29-19-4-2-1-3-5-19)30-20-8-6-17(7-9-20)10-13-26-22-21-24(28-16-27-22)35-23(31-21)18-11-14-32(34)15-12-18/h1-9,11-12,14-16,34H,10,13H2,(H2,29,30,33)/p+1. The Morgan fingerprint density at radius 2 is 1.63 bits per heavy atom. The molecular formula is C25H22N7O3+. The van der Waals surface area contributed by atoms with Crippen LogP contribution in [0.1, 0.15) is 5.56 Å². The predicted molar refractivity (Wildman–Crippen MR) is 130 cm³/mol. The van der Waals surface area contributed by atoms with Crippen molar-refractivity contribution in [2.75, 3.05) is 22.5 Å². The summed E-state index contributed by atoms with van der Waals surface area (Å²) in [6.07, 6.45) is 5.15. The second-order valence-electron chi connectivity index (χ2n) is 7.68. The number of aromatic nitrogens is 4. The predicted octanol–water partition coefficient (Wildman–Crippen LogP) is 4.11. The SMILES string of the molecule is O=C(Nc1ccccc1)Nc1ccc(CCNc2ncnc3oc(-c4cc[n+](O)cc4)nc23)cc1. The molecule has 4 N–H and O–H groups in total. The fraction of sp³-hybridized carbons (Fsp3) is 0.0800. The zero-order valence-corrected chi connectivity index (χ0v) is 18.5. The lowest BCUT2D eigenvalue weighted by Crippen LogP contribution is -2.27. The highest BCUT2D eigenvalue weighted by Crippen LogP contribution is 2.25. The molecule has 2 amide bonds.